The standard InChI is InChI=1S/C14H9FN2O/c15-10-5-6-12-9(7-10)8-16-14(17-12)11-3-1-2-4-13(11)18/h1-8,18H. The number of aromatic nitrogens is 2. The van der Waals surface area contributed by atoms with Gasteiger partial charge in [-0.15, -0.1) is 0 Å². The SMILES string of the molecule is Oc1ccccc1-c1ncc2cc(F)ccc2n1. The number of para-hydroxylation sites is 1. The molecule has 3 aromatic rings. The molecule has 3 rings (SSSR count). The van der Waals surface area contributed by atoms with E-state index in [1.165, 1.54) is 12.1 Å². The van der Waals surface area contributed by atoms with Gasteiger partial charge < -0.3 is 5.11 Å². The molecule has 0 aliphatic rings. The van der Waals surface area contributed by atoms with Gasteiger partial charge in [-0.25, -0.2) is 14.4 Å². The molecule has 88 valence electrons. The number of halogens is 1. The molecule has 0 radical (unpaired) electrons. The maximum atomic E-state index is 13.0. The molecule has 1 aromatic heterocycles. The van der Waals surface area contributed by atoms with Gasteiger partial charge in [0.25, 0.3) is 0 Å². The van der Waals surface area contributed by atoms with E-state index in [1.54, 1.807) is 36.5 Å². The molecule has 0 saturated carbocycles. The van der Waals surface area contributed by atoms with Crippen LogP contribution in [0.15, 0.2) is 48.7 Å². The molecule has 0 amide bonds. The van der Waals surface area contributed by atoms with Gasteiger partial charge in [-0.05, 0) is 30.3 Å². The Hall–Kier alpha value is -2.49. The molecule has 1 N–H and O–H groups in total. The molecular formula is C14H9FN2O. The van der Waals surface area contributed by atoms with E-state index in [4.69, 9.17) is 0 Å². The van der Waals surface area contributed by atoms with Gasteiger partial charge in [0.15, 0.2) is 5.82 Å². The zero-order valence-corrected chi connectivity index (χ0v) is 9.34. The third kappa shape index (κ3) is 1.78. The number of aromatic hydroxyl groups is 1. The van der Waals surface area contributed by atoms with E-state index in [0.717, 1.165) is 0 Å². The second kappa shape index (κ2) is 4.07. The van der Waals surface area contributed by atoms with Crippen LogP contribution in [0.5, 0.6) is 5.75 Å². The van der Waals surface area contributed by atoms with Crippen molar-refractivity contribution in [3.8, 4) is 17.1 Å². The number of rotatable bonds is 1. The minimum atomic E-state index is -0.318. The predicted octanol–water partition coefficient (Wildman–Crippen LogP) is 3.14. The summed E-state index contributed by atoms with van der Waals surface area (Å²) in [4.78, 5) is 8.45. The van der Waals surface area contributed by atoms with Crippen molar-refractivity contribution >= 4 is 10.9 Å². The Morgan fingerprint density at radius 1 is 1.06 bits per heavy atom. The van der Waals surface area contributed by atoms with Crippen molar-refractivity contribution in [1.29, 1.82) is 0 Å². The van der Waals surface area contributed by atoms with Crippen molar-refractivity contribution in [1.82, 2.24) is 9.97 Å². The van der Waals surface area contributed by atoms with Crippen molar-refractivity contribution in [2.24, 2.45) is 0 Å². The van der Waals surface area contributed by atoms with Crippen LogP contribution in [-0.4, -0.2) is 15.1 Å². The molecule has 0 bridgehead atoms. The van der Waals surface area contributed by atoms with Crippen LogP contribution in [0.3, 0.4) is 0 Å². The van der Waals surface area contributed by atoms with E-state index in [0.29, 0.717) is 22.3 Å². The molecule has 0 unspecified atom stereocenters. The molecule has 0 aliphatic carbocycles. The average Bonchev–Trinajstić information content (AvgIpc) is 2.39. The van der Waals surface area contributed by atoms with Crippen LogP contribution < -0.4 is 0 Å². The maximum Gasteiger partial charge on any atom is 0.163 e. The summed E-state index contributed by atoms with van der Waals surface area (Å²) in [6.45, 7) is 0. The summed E-state index contributed by atoms with van der Waals surface area (Å²) in [6, 6.07) is 11.2. The fourth-order valence-electron chi connectivity index (χ4n) is 1.80. The maximum absolute atomic E-state index is 13.0. The minimum Gasteiger partial charge on any atom is -0.507 e. The van der Waals surface area contributed by atoms with Crippen LogP contribution in [0.1, 0.15) is 0 Å². The Morgan fingerprint density at radius 2 is 1.89 bits per heavy atom. The highest BCUT2D eigenvalue weighted by Gasteiger charge is 2.07. The van der Waals surface area contributed by atoms with E-state index in [1.807, 2.05) is 0 Å². The summed E-state index contributed by atoms with van der Waals surface area (Å²) in [5.41, 5.74) is 1.20. The summed E-state index contributed by atoms with van der Waals surface area (Å²) >= 11 is 0. The molecular weight excluding hydrogens is 231 g/mol. The quantitative estimate of drug-likeness (QED) is 0.710. The second-order valence-electron chi connectivity index (χ2n) is 3.91. The Labute approximate surface area is 103 Å². The van der Waals surface area contributed by atoms with Crippen molar-refractivity contribution in [2.75, 3.05) is 0 Å². The highest BCUT2D eigenvalue weighted by molar-refractivity contribution is 5.80. The van der Waals surface area contributed by atoms with Gasteiger partial charge in [-0.1, -0.05) is 12.1 Å². The summed E-state index contributed by atoms with van der Waals surface area (Å²) < 4.78 is 13.0. The number of fused-ring (bicyclic) bond motifs is 1. The van der Waals surface area contributed by atoms with Gasteiger partial charge in [0.2, 0.25) is 0 Å². The van der Waals surface area contributed by atoms with E-state index < -0.39 is 0 Å². The largest absolute Gasteiger partial charge is 0.507 e. The van der Waals surface area contributed by atoms with Crippen molar-refractivity contribution in [2.45, 2.75) is 0 Å². The fourth-order valence-corrected chi connectivity index (χ4v) is 1.80. The van der Waals surface area contributed by atoms with E-state index in [-0.39, 0.29) is 11.6 Å². The summed E-state index contributed by atoms with van der Waals surface area (Å²) in [6.07, 6.45) is 1.55. The first-order valence-electron chi connectivity index (χ1n) is 5.45. The highest BCUT2D eigenvalue weighted by atomic mass is 19.1. The van der Waals surface area contributed by atoms with Crippen molar-refractivity contribution in [3.05, 3.63) is 54.5 Å². The zero-order chi connectivity index (χ0) is 12.5. The number of phenols is 1. The van der Waals surface area contributed by atoms with Gasteiger partial charge >= 0.3 is 0 Å². The van der Waals surface area contributed by atoms with E-state index in [9.17, 15) is 9.50 Å². The molecule has 1 heterocycles. The Kier molecular flexibility index (Phi) is 2.41. The van der Waals surface area contributed by atoms with Gasteiger partial charge in [-0.3, -0.25) is 0 Å². The first-order chi connectivity index (χ1) is 8.74. The fraction of sp³-hybridized carbons (Fsp3) is 0. The lowest BCUT2D eigenvalue weighted by atomic mass is 10.1. The lowest BCUT2D eigenvalue weighted by Crippen LogP contribution is -1.90. The normalized spacial score (nSPS) is 10.7. The van der Waals surface area contributed by atoms with Crippen LogP contribution >= 0.6 is 0 Å². The number of hydrogen-bond donors (Lipinski definition) is 1. The highest BCUT2D eigenvalue weighted by Crippen LogP contribution is 2.26. The number of nitrogens with zero attached hydrogens (tertiary/aromatic N) is 2. The summed E-state index contributed by atoms with van der Waals surface area (Å²) in [7, 11) is 0. The van der Waals surface area contributed by atoms with Gasteiger partial charge in [0.05, 0.1) is 11.1 Å². The third-order valence-corrected chi connectivity index (χ3v) is 2.69. The lowest BCUT2D eigenvalue weighted by Gasteiger charge is -2.04. The lowest BCUT2D eigenvalue weighted by molar-refractivity contribution is 0.477. The smallest absolute Gasteiger partial charge is 0.163 e. The molecule has 0 spiro atoms. The van der Waals surface area contributed by atoms with Crippen molar-refractivity contribution < 1.29 is 9.50 Å². The van der Waals surface area contributed by atoms with Crippen LogP contribution in [-0.2, 0) is 0 Å². The monoisotopic (exact) mass is 240 g/mol. The predicted molar refractivity (Wildman–Crippen MR) is 66.6 cm³/mol. The van der Waals surface area contributed by atoms with Crippen LogP contribution in [0.4, 0.5) is 4.39 Å². The van der Waals surface area contributed by atoms with Gasteiger partial charge in [-0.2, -0.15) is 0 Å². The van der Waals surface area contributed by atoms with Crippen LogP contribution in [0.25, 0.3) is 22.3 Å². The zero-order valence-electron chi connectivity index (χ0n) is 9.34. The first-order valence-corrected chi connectivity index (χ1v) is 5.45. The molecule has 2 aromatic carbocycles. The molecule has 0 aliphatic heterocycles. The molecule has 4 heteroatoms. The number of hydrogen-bond acceptors (Lipinski definition) is 3. The minimum absolute atomic E-state index is 0.124. The van der Waals surface area contributed by atoms with Crippen LogP contribution in [0.2, 0.25) is 0 Å². The number of benzene rings is 2. The Bertz CT molecular complexity index is 728. The Balaban J connectivity index is 2.20. The Morgan fingerprint density at radius 3 is 2.72 bits per heavy atom. The summed E-state index contributed by atoms with van der Waals surface area (Å²) in [5.74, 6) is 0.229. The number of phenolic OH excluding ortho intramolecular Hbond substituents is 1. The third-order valence-electron chi connectivity index (χ3n) is 2.69. The average molecular weight is 240 g/mol. The molecule has 3 nitrogen and oxygen atoms in total. The van der Waals surface area contributed by atoms with Gasteiger partial charge in [0, 0.05) is 11.6 Å². The molecule has 0 atom stereocenters. The van der Waals surface area contributed by atoms with Crippen LogP contribution in [0, 0.1) is 5.82 Å². The second-order valence-corrected chi connectivity index (χ2v) is 3.91. The molecule has 0 saturated heterocycles. The molecule has 18 heavy (non-hydrogen) atoms. The van der Waals surface area contributed by atoms with E-state index >= 15 is 0 Å². The summed E-state index contributed by atoms with van der Waals surface area (Å²) in [5, 5.41) is 10.4. The first kappa shape index (κ1) is 10.7. The topological polar surface area (TPSA) is 46.0 Å². The molecule has 0 fully saturated rings. The van der Waals surface area contributed by atoms with E-state index in [2.05, 4.69) is 9.97 Å². The van der Waals surface area contributed by atoms with Crippen molar-refractivity contribution in [3.63, 3.8) is 0 Å². The van der Waals surface area contributed by atoms with Gasteiger partial charge in [0.1, 0.15) is 11.6 Å².